The summed E-state index contributed by atoms with van der Waals surface area (Å²) in [6.45, 7) is 4.33. The molecule has 3 aliphatic carbocycles. The molecule has 2 heterocycles. The molecule has 1 saturated heterocycles. The number of ether oxygens (including phenoxy) is 2. The van der Waals surface area contributed by atoms with Gasteiger partial charge in [-0.15, -0.1) is 0 Å². The van der Waals surface area contributed by atoms with Gasteiger partial charge in [0.05, 0.1) is 19.2 Å². The van der Waals surface area contributed by atoms with E-state index in [0.717, 1.165) is 61.3 Å². The summed E-state index contributed by atoms with van der Waals surface area (Å²) in [6, 6.07) is 4.94. The third kappa shape index (κ3) is 4.16. The smallest absolute Gasteiger partial charge is 0.163 e. The first-order chi connectivity index (χ1) is 15.8. The third-order valence-electron chi connectivity index (χ3n) is 7.94. The molecule has 0 unspecified atom stereocenters. The number of fused-ring (bicyclic) bond motifs is 2. The van der Waals surface area contributed by atoms with Crippen molar-refractivity contribution in [3.63, 3.8) is 0 Å². The van der Waals surface area contributed by atoms with Gasteiger partial charge in [0.25, 0.3) is 0 Å². The average Bonchev–Trinajstić information content (AvgIpc) is 3.73. The Kier molecular flexibility index (Phi) is 5.62. The number of likely N-dealkylation sites (tertiary alicyclic amines) is 1. The zero-order valence-corrected chi connectivity index (χ0v) is 19.5. The molecule has 0 bridgehead atoms. The Bertz CT molecular complexity index is 965. The van der Waals surface area contributed by atoms with Crippen LogP contribution in [-0.2, 0) is 12.8 Å². The summed E-state index contributed by atoms with van der Waals surface area (Å²) in [4.78, 5) is 7.63. The van der Waals surface area contributed by atoms with Crippen molar-refractivity contribution in [1.82, 2.24) is 9.88 Å². The Hall–Kier alpha value is -2.01. The molecular formula is C27H37N3O2. The molecule has 5 heteroatoms. The van der Waals surface area contributed by atoms with Crippen LogP contribution in [0.2, 0.25) is 0 Å². The van der Waals surface area contributed by atoms with Gasteiger partial charge in [-0.1, -0.05) is 0 Å². The number of methoxy groups -OCH3 is 1. The number of nitrogens with one attached hydrogen (secondary N) is 1. The van der Waals surface area contributed by atoms with Crippen molar-refractivity contribution < 1.29 is 9.47 Å². The van der Waals surface area contributed by atoms with Gasteiger partial charge in [0.1, 0.15) is 0 Å². The van der Waals surface area contributed by atoms with Crippen LogP contribution in [0.15, 0.2) is 12.1 Å². The summed E-state index contributed by atoms with van der Waals surface area (Å²) < 4.78 is 12.0. The highest BCUT2D eigenvalue weighted by Crippen LogP contribution is 2.48. The van der Waals surface area contributed by atoms with Crippen molar-refractivity contribution in [2.75, 3.05) is 38.7 Å². The summed E-state index contributed by atoms with van der Waals surface area (Å²) in [5.74, 6) is 3.39. The molecule has 0 spiro atoms. The number of anilines is 1. The highest BCUT2D eigenvalue weighted by Gasteiger charge is 2.42. The number of aromatic nitrogens is 1. The number of hydrogen-bond donors (Lipinski definition) is 1. The second kappa shape index (κ2) is 8.74. The van der Waals surface area contributed by atoms with Crippen LogP contribution in [0.4, 0.5) is 5.69 Å². The highest BCUT2D eigenvalue weighted by atomic mass is 16.5. The molecule has 3 fully saturated rings. The lowest BCUT2D eigenvalue weighted by Gasteiger charge is -2.23. The molecule has 2 saturated carbocycles. The number of benzene rings is 1. The van der Waals surface area contributed by atoms with Crippen molar-refractivity contribution in [2.45, 2.75) is 70.3 Å². The molecular weight excluding hydrogens is 398 g/mol. The fraction of sp³-hybridized carbons (Fsp3) is 0.667. The Morgan fingerprint density at radius 1 is 1.03 bits per heavy atom. The topological polar surface area (TPSA) is 46.6 Å². The minimum absolute atomic E-state index is 0.637. The largest absolute Gasteiger partial charge is 0.493 e. The van der Waals surface area contributed by atoms with Crippen LogP contribution >= 0.6 is 0 Å². The fourth-order valence-electron chi connectivity index (χ4n) is 5.88. The predicted molar refractivity (Wildman–Crippen MR) is 129 cm³/mol. The molecule has 0 radical (unpaired) electrons. The van der Waals surface area contributed by atoms with Crippen LogP contribution in [-0.4, -0.2) is 49.3 Å². The summed E-state index contributed by atoms with van der Waals surface area (Å²) in [5.41, 5.74) is 5.12. The molecule has 1 aliphatic heterocycles. The van der Waals surface area contributed by atoms with E-state index in [2.05, 4.69) is 22.3 Å². The Morgan fingerprint density at radius 2 is 1.81 bits per heavy atom. The second-order valence-corrected chi connectivity index (χ2v) is 10.4. The first kappa shape index (κ1) is 20.6. The molecule has 1 aromatic heterocycles. The van der Waals surface area contributed by atoms with Crippen molar-refractivity contribution in [3.05, 3.63) is 23.4 Å². The lowest BCUT2D eigenvalue weighted by molar-refractivity contribution is 0.254. The van der Waals surface area contributed by atoms with Crippen molar-refractivity contribution >= 4 is 16.6 Å². The van der Waals surface area contributed by atoms with Crippen LogP contribution in [0.5, 0.6) is 11.5 Å². The van der Waals surface area contributed by atoms with Gasteiger partial charge in [-0.05, 0) is 101 Å². The monoisotopic (exact) mass is 435 g/mol. The molecule has 32 heavy (non-hydrogen) atoms. The maximum atomic E-state index is 6.22. The molecule has 0 atom stereocenters. The number of pyridine rings is 1. The highest BCUT2D eigenvalue weighted by molar-refractivity contribution is 5.96. The number of rotatable bonds is 10. The van der Waals surface area contributed by atoms with Gasteiger partial charge in [-0.3, -0.25) is 4.98 Å². The van der Waals surface area contributed by atoms with Crippen LogP contribution in [0.3, 0.4) is 0 Å². The maximum Gasteiger partial charge on any atom is 0.163 e. The molecule has 1 N–H and O–H groups in total. The van der Waals surface area contributed by atoms with E-state index in [4.69, 9.17) is 14.5 Å². The summed E-state index contributed by atoms with van der Waals surface area (Å²) in [5, 5.41) is 5.27. The molecule has 172 valence electrons. The van der Waals surface area contributed by atoms with Gasteiger partial charge < -0.3 is 19.7 Å². The van der Waals surface area contributed by atoms with Gasteiger partial charge in [0.15, 0.2) is 11.5 Å². The average molecular weight is 436 g/mol. The number of nitrogens with zero attached hydrogens (tertiary/aromatic N) is 2. The summed E-state index contributed by atoms with van der Waals surface area (Å²) in [7, 11) is 1.75. The first-order valence-electron chi connectivity index (χ1n) is 13.0. The lowest BCUT2D eigenvalue weighted by atomic mass is 10.0. The van der Waals surface area contributed by atoms with E-state index in [1.54, 1.807) is 7.11 Å². The molecule has 1 aromatic carbocycles. The van der Waals surface area contributed by atoms with E-state index in [1.165, 1.54) is 80.4 Å². The lowest BCUT2D eigenvalue weighted by Crippen LogP contribution is -2.25. The number of aryl methyl sites for hydroxylation is 1. The minimum Gasteiger partial charge on any atom is -0.493 e. The molecule has 5 nitrogen and oxygen atoms in total. The van der Waals surface area contributed by atoms with Gasteiger partial charge >= 0.3 is 0 Å². The maximum absolute atomic E-state index is 6.22. The van der Waals surface area contributed by atoms with Crippen LogP contribution in [0.1, 0.15) is 62.6 Å². The van der Waals surface area contributed by atoms with Gasteiger partial charge in [0, 0.05) is 35.4 Å². The van der Waals surface area contributed by atoms with E-state index in [9.17, 15) is 0 Å². The Balaban J connectivity index is 1.27. The van der Waals surface area contributed by atoms with Crippen LogP contribution in [0, 0.1) is 11.8 Å². The number of hydrogen-bond acceptors (Lipinski definition) is 5. The van der Waals surface area contributed by atoms with E-state index >= 15 is 0 Å². The van der Waals surface area contributed by atoms with E-state index in [1.807, 2.05) is 0 Å². The van der Waals surface area contributed by atoms with E-state index < -0.39 is 0 Å². The normalized spacial score (nSPS) is 20.8. The van der Waals surface area contributed by atoms with Gasteiger partial charge in [-0.2, -0.15) is 0 Å². The molecule has 0 amide bonds. The zero-order chi connectivity index (χ0) is 21.5. The summed E-state index contributed by atoms with van der Waals surface area (Å²) >= 11 is 0. The van der Waals surface area contributed by atoms with Gasteiger partial charge in [0.2, 0.25) is 0 Å². The van der Waals surface area contributed by atoms with Crippen LogP contribution < -0.4 is 14.8 Å². The quantitative estimate of drug-likeness (QED) is 0.520. The molecule has 4 aliphatic rings. The fourth-order valence-corrected chi connectivity index (χ4v) is 5.88. The van der Waals surface area contributed by atoms with Crippen molar-refractivity contribution in [1.29, 1.82) is 0 Å². The Labute approximate surface area is 191 Å². The SMILES string of the molecule is COc1cc2c(NC(C3CC3)C3CC3)c3c(nc2cc1OCCCN1CCCC1)CCC3. The third-order valence-corrected chi connectivity index (χ3v) is 7.94. The van der Waals surface area contributed by atoms with Crippen LogP contribution in [0.25, 0.3) is 10.9 Å². The summed E-state index contributed by atoms with van der Waals surface area (Å²) in [6.07, 6.45) is 12.7. The van der Waals surface area contributed by atoms with Gasteiger partial charge in [-0.25, -0.2) is 0 Å². The van der Waals surface area contributed by atoms with E-state index in [-0.39, 0.29) is 0 Å². The van der Waals surface area contributed by atoms with Crippen molar-refractivity contribution in [2.24, 2.45) is 11.8 Å². The molecule has 2 aromatic rings. The standard InChI is InChI=1S/C27H37N3O2/c1-31-24-16-21-23(17-25(24)32-15-5-14-30-12-2-3-13-30)28-22-7-4-6-20(22)27(21)29-26(18-8-9-18)19-10-11-19/h16-19,26H,2-15H2,1H3,(H,28,29). The van der Waals surface area contributed by atoms with E-state index in [0.29, 0.717) is 6.04 Å². The predicted octanol–water partition coefficient (Wildman–Crippen LogP) is 5.20. The zero-order valence-electron chi connectivity index (χ0n) is 19.5. The Morgan fingerprint density at radius 3 is 2.53 bits per heavy atom. The first-order valence-corrected chi connectivity index (χ1v) is 13.0. The molecule has 6 rings (SSSR count). The van der Waals surface area contributed by atoms with Crippen molar-refractivity contribution in [3.8, 4) is 11.5 Å². The second-order valence-electron chi connectivity index (χ2n) is 10.4. The minimum atomic E-state index is 0.637.